The molecule has 0 saturated carbocycles. The van der Waals surface area contributed by atoms with Crippen molar-refractivity contribution in [1.82, 2.24) is 9.80 Å². The summed E-state index contributed by atoms with van der Waals surface area (Å²) in [7, 11) is 0. The zero-order valence-electron chi connectivity index (χ0n) is 13.3. The van der Waals surface area contributed by atoms with Crippen molar-refractivity contribution in [3.05, 3.63) is 34.6 Å². The predicted octanol–water partition coefficient (Wildman–Crippen LogP) is 2.80. The smallest absolute Gasteiger partial charge is 0.256 e. The SMILES string of the molecule is CCC[C@H]1COC[C@H]2CN(C(=O)c3ccc(Cl)cc3F)CCN12. The molecule has 1 aromatic carbocycles. The first-order valence-corrected chi connectivity index (χ1v) is 8.55. The minimum Gasteiger partial charge on any atom is -0.378 e. The Bertz CT molecular complexity index is 582. The number of hydrogen-bond acceptors (Lipinski definition) is 3. The van der Waals surface area contributed by atoms with Crippen molar-refractivity contribution < 1.29 is 13.9 Å². The van der Waals surface area contributed by atoms with Crippen LogP contribution in [-0.4, -0.2) is 60.6 Å². The summed E-state index contributed by atoms with van der Waals surface area (Å²) in [6, 6.07) is 4.83. The molecule has 0 unspecified atom stereocenters. The summed E-state index contributed by atoms with van der Waals surface area (Å²) >= 11 is 5.76. The second-order valence-corrected chi connectivity index (χ2v) is 6.68. The molecule has 0 aliphatic carbocycles. The van der Waals surface area contributed by atoms with Gasteiger partial charge in [-0.25, -0.2) is 4.39 Å². The molecule has 6 heteroatoms. The van der Waals surface area contributed by atoms with Gasteiger partial charge in [-0.3, -0.25) is 9.69 Å². The Morgan fingerprint density at radius 3 is 2.96 bits per heavy atom. The van der Waals surface area contributed by atoms with Crippen LogP contribution >= 0.6 is 11.6 Å². The van der Waals surface area contributed by atoms with Gasteiger partial charge in [0, 0.05) is 30.7 Å². The maximum Gasteiger partial charge on any atom is 0.256 e. The second kappa shape index (κ2) is 7.16. The lowest BCUT2D eigenvalue weighted by molar-refractivity contribution is -0.0776. The zero-order valence-corrected chi connectivity index (χ0v) is 14.1. The van der Waals surface area contributed by atoms with Crippen LogP contribution in [0.2, 0.25) is 5.02 Å². The van der Waals surface area contributed by atoms with E-state index in [1.807, 2.05) is 0 Å². The van der Waals surface area contributed by atoms with Crippen molar-refractivity contribution >= 4 is 17.5 Å². The lowest BCUT2D eigenvalue weighted by atomic mass is 10.0. The molecule has 126 valence electrons. The van der Waals surface area contributed by atoms with Gasteiger partial charge in [0.25, 0.3) is 5.91 Å². The highest BCUT2D eigenvalue weighted by Gasteiger charge is 2.37. The molecule has 0 radical (unpaired) electrons. The van der Waals surface area contributed by atoms with Crippen molar-refractivity contribution in [1.29, 1.82) is 0 Å². The average molecular weight is 341 g/mol. The standard InChI is InChI=1S/C17H22ClFN2O2/c1-2-3-13-10-23-11-14-9-20(6-7-21(13)14)17(22)15-5-4-12(18)8-16(15)19/h4-5,8,13-14H,2-3,6-7,9-11H2,1H3/t13-,14+/m0/s1. The number of ether oxygens (including phenoxy) is 1. The largest absolute Gasteiger partial charge is 0.378 e. The van der Waals surface area contributed by atoms with Crippen LogP contribution < -0.4 is 0 Å². The number of halogens is 2. The quantitative estimate of drug-likeness (QED) is 0.848. The predicted molar refractivity (Wildman–Crippen MR) is 87.3 cm³/mol. The number of carbonyl (C=O) groups excluding carboxylic acids is 1. The molecule has 0 aromatic heterocycles. The Morgan fingerprint density at radius 2 is 2.22 bits per heavy atom. The first-order chi connectivity index (χ1) is 11.1. The number of carbonyl (C=O) groups is 1. The molecule has 4 nitrogen and oxygen atoms in total. The summed E-state index contributed by atoms with van der Waals surface area (Å²) in [5.74, 6) is -0.829. The van der Waals surface area contributed by atoms with Crippen molar-refractivity contribution in [2.24, 2.45) is 0 Å². The van der Waals surface area contributed by atoms with E-state index in [0.717, 1.165) is 26.0 Å². The van der Waals surface area contributed by atoms with Crippen molar-refractivity contribution in [3.8, 4) is 0 Å². The molecule has 2 aliphatic heterocycles. The van der Waals surface area contributed by atoms with Gasteiger partial charge < -0.3 is 9.64 Å². The topological polar surface area (TPSA) is 32.8 Å². The van der Waals surface area contributed by atoms with Crippen LogP contribution in [0.15, 0.2) is 18.2 Å². The summed E-state index contributed by atoms with van der Waals surface area (Å²) in [6.45, 7) is 5.60. The summed E-state index contributed by atoms with van der Waals surface area (Å²) in [5, 5.41) is 0.298. The molecular formula is C17H22ClFN2O2. The number of amides is 1. The van der Waals surface area contributed by atoms with Gasteiger partial charge in [-0.2, -0.15) is 0 Å². The van der Waals surface area contributed by atoms with E-state index < -0.39 is 5.82 Å². The molecule has 0 bridgehead atoms. The van der Waals surface area contributed by atoms with E-state index >= 15 is 0 Å². The molecule has 2 fully saturated rings. The fourth-order valence-corrected chi connectivity index (χ4v) is 3.69. The van der Waals surface area contributed by atoms with Crippen LogP contribution in [0.1, 0.15) is 30.1 Å². The molecule has 1 aromatic rings. The van der Waals surface area contributed by atoms with Crippen molar-refractivity contribution in [3.63, 3.8) is 0 Å². The molecule has 2 saturated heterocycles. The number of piperazine rings is 1. The molecule has 1 amide bonds. The van der Waals surface area contributed by atoms with Crippen LogP contribution in [0.25, 0.3) is 0 Å². The average Bonchev–Trinajstić information content (AvgIpc) is 2.54. The number of morpholine rings is 1. The minimum absolute atomic E-state index is 0.0877. The monoisotopic (exact) mass is 340 g/mol. The maximum absolute atomic E-state index is 14.0. The molecule has 2 atom stereocenters. The second-order valence-electron chi connectivity index (χ2n) is 6.25. The molecule has 0 spiro atoms. The van der Waals surface area contributed by atoms with E-state index in [2.05, 4.69) is 11.8 Å². The van der Waals surface area contributed by atoms with Gasteiger partial charge in [0.05, 0.1) is 24.8 Å². The molecule has 0 N–H and O–H groups in total. The summed E-state index contributed by atoms with van der Waals surface area (Å²) in [6.07, 6.45) is 2.23. The normalized spacial score (nSPS) is 25.3. The lowest BCUT2D eigenvalue weighted by Crippen LogP contribution is -2.62. The van der Waals surface area contributed by atoms with Gasteiger partial charge in [0.2, 0.25) is 0 Å². The van der Waals surface area contributed by atoms with Gasteiger partial charge in [0.1, 0.15) is 5.82 Å². The first kappa shape index (κ1) is 16.7. The van der Waals surface area contributed by atoms with Gasteiger partial charge >= 0.3 is 0 Å². The Morgan fingerprint density at radius 1 is 1.39 bits per heavy atom. The van der Waals surface area contributed by atoms with Gasteiger partial charge in [0.15, 0.2) is 0 Å². The summed E-state index contributed by atoms with van der Waals surface area (Å²) in [5.41, 5.74) is 0.0877. The minimum atomic E-state index is -0.561. The van der Waals surface area contributed by atoms with E-state index in [-0.39, 0.29) is 17.5 Å². The highest BCUT2D eigenvalue weighted by Crippen LogP contribution is 2.23. The van der Waals surface area contributed by atoms with E-state index in [0.29, 0.717) is 30.8 Å². The number of hydrogen-bond donors (Lipinski definition) is 0. The third kappa shape index (κ3) is 3.52. The van der Waals surface area contributed by atoms with Crippen molar-refractivity contribution in [2.75, 3.05) is 32.8 Å². The van der Waals surface area contributed by atoms with Crippen LogP contribution in [0, 0.1) is 5.82 Å². The van der Waals surface area contributed by atoms with Crippen LogP contribution in [0.4, 0.5) is 4.39 Å². The van der Waals surface area contributed by atoms with E-state index in [1.165, 1.54) is 12.1 Å². The fourth-order valence-electron chi connectivity index (χ4n) is 3.53. The summed E-state index contributed by atoms with van der Waals surface area (Å²) < 4.78 is 19.7. The Balaban J connectivity index is 1.70. The molecule has 23 heavy (non-hydrogen) atoms. The van der Waals surface area contributed by atoms with Crippen LogP contribution in [0.5, 0.6) is 0 Å². The maximum atomic E-state index is 14.0. The molecule has 2 aliphatic rings. The van der Waals surface area contributed by atoms with Gasteiger partial charge in [-0.05, 0) is 24.6 Å². The Labute approximate surface area is 141 Å². The molecular weight excluding hydrogens is 319 g/mol. The highest BCUT2D eigenvalue weighted by atomic mass is 35.5. The highest BCUT2D eigenvalue weighted by molar-refractivity contribution is 6.30. The third-order valence-electron chi connectivity index (χ3n) is 4.69. The van der Waals surface area contributed by atoms with Gasteiger partial charge in [-0.1, -0.05) is 24.9 Å². The van der Waals surface area contributed by atoms with Crippen LogP contribution in [-0.2, 0) is 4.74 Å². The fraction of sp³-hybridized carbons (Fsp3) is 0.588. The van der Waals surface area contributed by atoms with E-state index in [9.17, 15) is 9.18 Å². The molecule has 3 rings (SSSR count). The van der Waals surface area contributed by atoms with Crippen LogP contribution in [0.3, 0.4) is 0 Å². The Kier molecular flexibility index (Phi) is 5.19. The Hall–Kier alpha value is -1.17. The zero-order chi connectivity index (χ0) is 16.4. The molecule has 2 heterocycles. The van der Waals surface area contributed by atoms with Gasteiger partial charge in [-0.15, -0.1) is 0 Å². The number of fused-ring (bicyclic) bond motifs is 1. The van der Waals surface area contributed by atoms with Crippen molar-refractivity contribution in [2.45, 2.75) is 31.8 Å². The van der Waals surface area contributed by atoms with E-state index in [4.69, 9.17) is 16.3 Å². The first-order valence-electron chi connectivity index (χ1n) is 8.18. The number of rotatable bonds is 3. The van der Waals surface area contributed by atoms with E-state index in [1.54, 1.807) is 11.0 Å². The summed E-state index contributed by atoms with van der Waals surface area (Å²) in [4.78, 5) is 16.8. The number of benzene rings is 1. The number of nitrogens with zero attached hydrogens (tertiary/aromatic N) is 2. The lowest BCUT2D eigenvalue weighted by Gasteiger charge is -2.48. The third-order valence-corrected chi connectivity index (χ3v) is 4.92.